The van der Waals surface area contributed by atoms with E-state index in [2.05, 4.69) is 5.32 Å². The number of nitriles is 1. The molecule has 1 amide bonds. The molecule has 3 rings (SSSR count). The lowest BCUT2D eigenvalue weighted by molar-refractivity contribution is -0.122. The van der Waals surface area contributed by atoms with Crippen molar-refractivity contribution in [3.8, 4) is 17.6 Å². The number of esters is 1. The summed E-state index contributed by atoms with van der Waals surface area (Å²) in [5.41, 5.74) is 0.192. The van der Waals surface area contributed by atoms with Crippen molar-refractivity contribution in [3.05, 3.63) is 52.5 Å². The summed E-state index contributed by atoms with van der Waals surface area (Å²) in [6.45, 7) is 1.99. The van der Waals surface area contributed by atoms with Crippen molar-refractivity contribution in [1.29, 1.82) is 5.26 Å². The molecule has 162 valence electrons. The highest BCUT2D eigenvalue weighted by Gasteiger charge is 2.30. The third-order valence-electron chi connectivity index (χ3n) is 4.34. The number of rotatable bonds is 6. The normalized spacial score (nSPS) is 14.4. The Balaban J connectivity index is 1.89. The van der Waals surface area contributed by atoms with E-state index < -0.39 is 21.9 Å². The molecular formula is C20H18ClN3O6S. The number of hydrogen-bond donors (Lipinski definition) is 1. The molecule has 2 aromatic carbocycles. The fourth-order valence-corrected chi connectivity index (χ4v) is 4.59. The van der Waals surface area contributed by atoms with Crippen LogP contribution in [0.15, 0.2) is 41.3 Å². The highest BCUT2D eigenvalue weighted by atomic mass is 35.5. The second-order valence-corrected chi connectivity index (χ2v) is 8.78. The molecule has 0 atom stereocenters. The summed E-state index contributed by atoms with van der Waals surface area (Å²) in [4.78, 5) is 24.1. The topological polar surface area (TPSA) is 126 Å². The second kappa shape index (κ2) is 9.34. The van der Waals surface area contributed by atoms with Crippen LogP contribution in [-0.4, -0.2) is 50.8 Å². The molecule has 0 saturated carbocycles. The Bertz CT molecular complexity index is 1180. The maximum atomic E-state index is 12.9. The molecular weight excluding hydrogens is 446 g/mol. The summed E-state index contributed by atoms with van der Waals surface area (Å²) in [5, 5.41) is 11.6. The quantitative estimate of drug-likeness (QED) is 0.512. The Morgan fingerprint density at radius 2 is 2.10 bits per heavy atom. The Morgan fingerprint density at radius 3 is 2.77 bits per heavy atom. The number of piperazine rings is 1. The minimum Gasteiger partial charge on any atom is -0.490 e. The van der Waals surface area contributed by atoms with Gasteiger partial charge in [0.2, 0.25) is 15.9 Å². The molecule has 31 heavy (non-hydrogen) atoms. The van der Waals surface area contributed by atoms with Gasteiger partial charge < -0.3 is 14.8 Å². The fraction of sp³-hybridized carbons (Fsp3) is 0.250. The number of carbonyl (C=O) groups is 2. The third-order valence-corrected chi connectivity index (χ3v) is 6.47. The molecule has 1 heterocycles. The van der Waals surface area contributed by atoms with E-state index in [0.29, 0.717) is 0 Å². The molecule has 0 unspecified atom stereocenters. The number of amides is 1. The number of sulfonamides is 1. The molecule has 0 bridgehead atoms. The molecule has 1 saturated heterocycles. The number of benzene rings is 2. The van der Waals surface area contributed by atoms with Crippen molar-refractivity contribution < 1.29 is 27.5 Å². The van der Waals surface area contributed by atoms with E-state index in [0.717, 1.165) is 4.31 Å². The van der Waals surface area contributed by atoms with Crippen LogP contribution in [0.2, 0.25) is 5.02 Å². The molecule has 1 N–H and O–H groups in total. The highest BCUT2D eigenvalue weighted by Crippen LogP contribution is 2.37. The largest absolute Gasteiger partial charge is 0.490 e. The second-order valence-electron chi connectivity index (χ2n) is 6.44. The van der Waals surface area contributed by atoms with Crippen molar-refractivity contribution in [2.75, 3.05) is 26.2 Å². The van der Waals surface area contributed by atoms with Gasteiger partial charge in [0.05, 0.1) is 40.3 Å². The van der Waals surface area contributed by atoms with E-state index in [1.165, 1.54) is 36.4 Å². The van der Waals surface area contributed by atoms with Crippen molar-refractivity contribution in [1.82, 2.24) is 9.62 Å². The zero-order chi connectivity index (χ0) is 22.6. The van der Waals surface area contributed by atoms with Gasteiger partial charge in [-0.3, -0.25) is 4.79 Å². The molecule has 1 aliphatic rings. The van der Waals surface area contributed by atoms with Crippen molar-refractivity contribution in [2.45, 2.75) is 11.8 Å². The minimum atomic E-state index is -3.98. The Hall–Kier alpha value is -3.13. The van der Waals surface area contributed by atoms with Gasteiger partial charge in [0.25, 0.3) is 0 Å². The van der Waals surface area contributed by atoms with Crippen LogP contribution < -0.4 is 14.8 Å². The number of halogens is 1. The summed E-state index contributed by atoms with van der Waals surface area (Å²) in [6, 6.07) is 9.94. The summed E-state index contributed by atoms with van der Waals surface area (Å²) in [7, 11) is -3.98. The lowest BCUT2D eigenvalue weighted by Gasteiger charge is -2.26. The zero-order valence-corrected chi connectivity index (χ0v) is 18.0. The molecule has 1 aliphatic heterocycles. The molecule has 9 nitrogen and oxygen atoms in total. The van der Waals surface area contributed by atoms with Crippen molar-refractivity contribution in [2.24, 2.45) is 0 Å². The van der Waals surface area contributed by atoms with Crippen LogP contribution in [0, 0.1) is 11.3 Å². The minimum absolute atomic E-state index is 0.000967. The van der Waals surface area contributed by atoms with Gasteiger partial charge in [-0.05, 0) is 31.2 Å². The number of carbonyl (C=O) groups excluding carboxylic acids is 2. The summed E-state index contributed by atoms with van der Waals surface area (Å²) < 4.78 is 37.5. The summed E-state index contributed by atoms with van der Waals surface area (Å²) in [5.74, 6) is -1.22. The fourth-order valence-electron chi connectivity index (χ4n) is 2.90. The first-order chi connectivity index (χ1) is 14.8. The predicted molar refractivity (Wildman–Crippen MR) is 111 cm³/mol. The van der Waals surface area contributed by atoms with E-state index in [4.69, 9.17) is 26.3 Å². The van der Waals surface area contributed by atoms with Crippen LogP contribution in [0.1, 0.15) is 22.8 Å². The van der Waals surface area contributed by atoms with Gasteiger partial charge in [-0.2, -0.15) is 9.57 Å². The van der Waals surface area contributed by atoms with Crippen LogP contribution in [0.5, 0.6) is 11.5 Å². The molecule has 11 heteroatoms. The van der Waals surface area contributed by atoms with E-state index >= 15 is 0 Å². The van der Waals surface area contributed by atoms with Crippen molar-refractivity contribution >= 4 is 33.5 Å². The Labute approximate surface area is 184 Å². The van der Waals surface area contributed by atoms with E-state index in [-0.39, 0.29) is 58.8 Å². The maximum Gasteiger partial charge on any atom is 0.343 e. The van der Waals surface area contributed by atoms with E-state index in [1.54, 1.807) is 6.92 Å². The Kier molecular flexibility index (Phi) is 6.80. The number of nitrogens with zero attached hydrogens (tertiary/aromatic N) is 2. The zero-order valence-electron chi connectivity index (χ0n) is 16.4. The molecule has 0 spiro atoms. The van der Waals surface area contributed by atoms with Crippen LogP contribution in [0.25, 0.3) is 0 Å². The lowest BCUT2D eigenvalue weighted by atomic mass is 10.2. The van der Waals surface area contributed by atoms with Gasteiger partial charge in [-0.1, -0.05) is 17.7 Å². The summed E-state index contributed by atoms with van der Waals surface area (Å²) >= 11 is 6.15. The van der Waals surface area contributed by atoms with Gasteiger partial charge in [0.15, 0.2) is 11.5 Å². The van der Waals surface area contributed by atoms with Gasteiger partial charge in [-0.25, -0.2) is 13.2 Å². The molecule has 0 aliphatic carbocycles. The van der Waals surface area contributed by atoms with Crippen molar-refractivity contribution in [3.63, 3.8) is 0 Å². The lowest BCUT2D eigenvalue weighted by Crippen LogP contribution is -2.49. The standard InChI is InChI=1S/C20H18ClN3O6S/c1-2-29-17-9-13(11-22)8-16(21)19(17)30-20(26)14-4-3-5-15(10-14)31(27,28)24-7-6-23-18(25)12-24/h3-5,8-10H,2,6-7,12H2,1H3,(H,23,25). The average Bonchev–Trinajstić information content (AvgIpc) is 2.76. The molecule has 2 aromatic rings. The number of hydrogen-bond acceptors (Lipinski definition) is 7. The molecule has 0 aromatic heterocycles. The summed E-state index contributed by atoms with van der Waals surface area (Å²) in [6.07, 6.45) is 0. The predicted octanol–water partition coefficient (Wildman–Crippen LogP) is 1.95. The number of nitrogens with one attached hydrogen (secondary N) is 1. The van der Waals surface area contributed by atoms with Crippen LogP contribution in [0.4, 0.5) is 0 Å². The third kappa shape index (κ3) is 4.96. The monoisotopic (exact) mass is 463 g/mol. The van der Waals surface area contributed by atoms with Gasteiger partial charge in [0.1, 0.15) is 0 Å². The van der Waals surface area contributed by atoms with Gasteiger partial charge in [0, 0.05) is 19.2 Å². The first-order valence-corrected chi connectivity index (χ1v) is 11.0. The maximum absolute atomic E-state index is 12.9. The molecule has 0 radical (unpaired) electrons. The van der Waals surface area contributed by atoms with Crippen LogP contribution in [0.3, 0.4) is 0 Å². The van der Waals surface area contributed by atoms with E-state index in [9.17, 15) is 18.0 Å². The average molecular weight is 464 g/mol. The SMILES string of the molecule is CCOc1cc(C#N)cc(Cl)c1OC(=O)c1cccc(S(=O)(=O)N2CCNC(=O)C2)c1. The first-order valence-electron chi connectivity index (χ1n) is 9.21. The van der Waals surface area contributed by atoms with Crippen LogP contribution in [-0.2, 0) is 14.8 Å². The van der Waals surface area contributed by atoms with E-state index in [1.807, 2.05) is 6.07 Å². The number of ether oxygens (including phenoxy) is 2. The van der Waals surface area contributed by atoms with Crippen LogP contribution >= 0.6 is 11.6 Å². The first kappa shape index (κ1) is 22.6. The Morgan fingerprint density at radius 1 is 1.32 bits per heavy atom. The van der Waals surface area contributed by atoms with Gasteiger partial charge >= 0.3 is 5.97 Å². The highest BCUT2D eigenvalue weighted by molar-refractivity contribution is 7.89. The van der Waals surface area contributed by atoms with Gasteiger partial charge in [-0.15, -0.1) is 0 Å². The smallest absolute Gasteiger partial charge is 0.343 e. The molecule has 1 fully saturated rings.